The molecule has 4 rings (SSSR count). The van der Waals surface area contributed by atoms with Gasteiger partial charge in [-0.3, -0.25) is 9.59 Å². The third-order valence-electron chi connectivity index (χ3n) is 4.63. The van der Waals surface area contributed by atoms with Crippen molar-refractivity contribution in [3.05, 3.63) is 48.0 Å². The molecule has 25 heavy (non-hydrogen) atoms. The molecule has 2 aromatic carbocycles. The molecule has 2 heterocycles. The van der Waals surface area contributed by atoms with Crippen LogP contribution in [0.1, 0.15) is 18.9 Å². The van der Waals surface area contributed by atoms with Gasteiger partial charge in [0, 0.05) is 43.0 Å². The Morgan fingerprint density at radius 3 is 2.84 bits per heavy atom. The quantitative estimate of drug-likeness (QED) is 0.705. The van der Waals surface area contributed by atoms with Gasteiger partial charge in [-0.2, -0.15) is 0 Å². The molecule has 0 aliphatic carbocycles. The van der Waals surface area contributed by atoms with E-state index in [4.69, 9.17) is 4.42 Å². The minimum atomic E-state index is 0.114. The predicted octanol–water partition coefficient (Wildman–Crippen LogP) is 4.21. The first kappa shape index (κ1) is 16.2. The first-order valence-corrected chi connectivity index (χ1v) is 9.40. The number of hydrogen-bond acceptors (Lipinski definition) is 4. The van der Waals surface area contributed by atoms with Crippen LogP contribution in [-0.4, -0.2) is 28.2 Å². The molecule has 1 unspecified atom stereocenters. The zero-order chi connectivity index (χ0) is 17.4. The lowest BCUT2D eigenvalue weighted by molar-refractivity contribution is -0.128. The van der Waals surface area contributed by atoms with Gasteiger partial charge in [-0.15, -0.1) is 0 Å². The number of carbonyl (C=O) groups excluding carboxylic acids is 2. The topological polar surface area (TPSA) is 50.5 Å². The number of carbonyl (C=O) groups is 2. The van der Waals surface area contributed by atoms with Gasteiger partial charge in [0.2, 0.25) is 5.91 Å². The van der Waals surface area contributed by atoms with E-state index in [1.54, 1.807) is 6.92 Å². The highest BCUT2D eigenvalue weighted by molar-refractivity contribution is 8.13. The summed E-state index contributed by atoms with van der Waals surface area (Å²) in [7, 11) is 0. The highest BCUT2D eigenvalue weighted by Crippen LogP contribution is 2.30. The average Bonchev–Trinajstić information content (AvgIpc) is 3.13. The first-order chi connectivity index (χ1) is 12.1. The van der Waals surface area contributed by atoms with Crippen molar-refractivity contribution in [1.82, 2.24) is 4.90 Å². The maximum absolute atomic E-state index is 12.3. The first-order valence-electron chi connectivity index (χ1n) is 8.41. The fourth-order valence-corrected chi connectivity index (χ4v) is 4.14. The number of fused-ring (bicyclic) bond motifs is 3. The fraction of sp³-hybridized carbons (Fsp3) is 0.300. The minimum Gasteiger partial charge on any atom is -0.456 e. The Kier molecular flexibility index (Phi) is 4.25. The van der Waals surface area contributed by atoms with E-state index in [0.717, 1.165) is 39.8 Å². The smallest absolute Gasteiger partial charge is 0.223 e. The van der Waals surface area contributed by atoms with E-state index in [-0.39, 0.29) is 16.9 Å². The second-order valence-electron chi connectivity index (χ2n) is 6.58. The van der Waals surface area contributed by atoms with Crippen molar-refractivity contribution < 1.29 is 14.0 Å². The Balaban J connectivity index is 1.53. The normalized spacial score (nSPS) is 17.7. The van der Waals surface area contributed by atoms with Crippen LogP contribution < -0.4 is 0 Å². The van der Waals surface area contributed by atoms with E-state index >= 15 is 0 Å². The summed E-state index contributed by atoms with van der Waals surface area (Å²) in [4.78, 5) is 25.3. The molecule has 4 nitrogen and oxygen atoms in total. The van der Waals surface area contributed by atoms with Crippen LogP contribution in [0.4, 0.5) is 0 Å². The van der Waals surface area contributed by atoms with Gasteiger partial charge in [-0.1, -0.05) is 36.0 Å². The molecule has 1 aromatic heterocycles. The third kappa shape index (κ3) is 3.29. The number of furan rings is 1. The summed E-state index contributed by atoms with van der Waals surface area (Å²) in [5.74, 6) is 1.16. The number of para-hydroxylation sites is 1. The number of likely N-dealkylation sites (tertiary alicyclic amines) is 1. The van der Waals surface area contributed by atoms with Gasteiger partial charge in [-0.05, 0) is 29.7 Å². The molecular formula is C20H19NO3S. The van der Waals surface area contributed by atoms with E-state index in [2.05, 4.69) is 12.1 Å². The molecule has 0 spiro atoms. The SMILES string of the molecule is CC(=O)SCC1CC(=O)N(Cc2ccc3oc4ccccc4c3c2)C1. The zero-order valence-electron chi connectivity index (χ0n) is 14.0. The molecule has 0 saturated carbocycles. The Morgan fingerprint density at radius 2 is 2.00 bits per heavy atom. The molecule has 1 amide bonds. The van der Waals surface area contributed by atoms with E-state index in [1.807, 2.05) is 35.2 Å². The van der Waals surface area contributed by atoms with Gasteiger partial charge in [-0.25, -0.2) is 0 Å². The van der Waals surface area contributed by atoms with Crippen LogP contribution in [0.25, 0.3) is 21.9 Å². The average molecular weight is 353 g/mol. The summed E-state index contributed by atoms with van der Waals surface area (Å²) < 4.78 is 5.85. The van der Waals surface area contributed by atoms with Crippen molar-refractivity contribution in [3.63, 3.8) is 0 Å². The fourth-order valence-electron chi connectivity index (χ4n) is 3.45. The highest BCUT2D eigenvalue weighted by atomic mass is 32.2. The summed E-state index contributed by atoms with van der Waals surface area (Å²) in [6.07, 6.45) is 0.539. The Bertz CT molecular complexity index is 962. The number of rotatable bonds is 4. The van der Waals surface area contributed by atoms with Gasteiger partial charge in [0.1, 0.15) is 11.2 Å². The molecule has 1 aliphatic heterocycles. The minimum absolute atomic E-state index is 0.114. The zero-order valence-corrected chi connectivity index (χ0v) is 14.8. The van der Waals surface area contributed by atoms with E-state index in [9.17, 15) is 9.59 Å². The lowest BCUT2D eigenvalue weighted by Crippen LogP contribution is -2.24. The summed E-state index contributed by atoms with van der Waals surface area (Å²) in [5, 5.41) is 2.30. The molecule has 5 heteroatoms. The van der Waals surface area contributed by atoms with Crippen LogP contribution in [0.15, 0.2) is 46.9 Å². The lowest BCUT2D eigenvalue weighted by atomic mass is 10.1. The summed E-state index contributed by atoms with van der Waals surface area (Å²) in [6.45, 7) is 2.91. The largest absolute Gasteiger partial charge is 0.456 e. The summed E-state index contributed by atoms with van der Waals surface area (Å²) in [6, 6.07) is 14.1. The van der Waals surface area contributed by atoms with Crippen molar-refractivity contribution >= 4 is 44.7 Å². The standard InChI is InChI=1S/C20H19NO3S/c1-13(22)25-12-15-9-20(23)21(11-15)10-14-6-7-19-17(8-14)16-4-2-3-5-18(16)24-19/h2-8,15H,9-12H2,1H3. The second kappa shape index (κ2) is 6.56. The molecule has 1 aliphatic rings. The van der Waals surface area contributed by atoms with Crippen molar-refractivity contribution in [2.75, 3.05) is 12.3 Å². The van der Waals surface area contributed by atoms with Crippen molar-refractivity contribution in [2.45, 2.75) is 19.9 Å². The molecule has 1 fully saturated rings. The molecule has 1 saturated heterocycles. The number of thioether (sulfide) groups is 1. The monoisotopic (exact) mass is 353 g/mol. The Hall–Kier alpha value is -2.27. The third-order valence-corrected chi connectivity index (χ3v) is 5.68. The molecule has 0 radical (unpaired) electrons. The van der Waals surface area contributed by atoms with Gasteiger partial charge in [0.15, 0.2) is 5.12 Å². The van der Waals surface area contributed by atoms with E-state index in [1.165, 1.54) is 11.8 Å². The van der Waals surface area contributed by atoms with Crippen LogP contribution in [0.5, 0.6) is 0 Å². The van der Waals surface area contributed by atoms with Gasteiger partial charge < -0.3 is 9.32 Å². The van der Waals surface area contributed by atoms with Crippen LogP contribution in [-0.2, 0) is 16.1 Å². The number of nitrogens with zero attached hydrogens (tertiary/aromatic N) is 1. The number of hydrogen-bond donors (Lipinski definition) is 0. The predicted molar refractivity (Wildman–Crippen MR) is 100 cm³/mol. The molecule has 1 atom stereocenters. The Morgan fingerprint density at radius 1 is 1.20 bits per heavy atom. The van der Waals surface area contributed by atoms with E-state index in [0.29, 0.717) is 13.0 Å². The molecule has 128 valence electrons. The van der Waals surface area contributed by atoms with Crippen LogP contribution >= 0.6 is 11.8 Å². The van der Waals surface area contributed by atoms with Crippen molar-refractivity contribution in [2.24, 2.45) is 5.92 Å². The summed E-state index contributed by atoms with van der Waals surface area (Å²) in [5.41, 5.74) is 2.86. The van der Waals surface area contributed by atoms with Crippen molar-refractivity contribution in [3.8, 4) is 0 Å². The van der Waals surface area contributed by atoms with Gasteiger partial charge in [0.25, 0.3) is 0 Å². The highest BCUT2D eigenvalue weighted by Gasteiger charge is 2.29. The van der Waals surface area contributed by atoms with Gasteiger partial charge in [0.05, 0.1) is 0 Å². The molecule has 3 aromatic rings. The molecular weight excluding hydrogens is 334 g/mol. The lowest BCUT2D eigenvalue weighted by Gasteiger charge is -2.16. The second-order valence-corrected chi connectivity index (χ2v) is 7.77. The van der Waals surface area contributed by atoms with E-state index < -0.39 is 0 Å². The summed E-state index contributed by atoms with van der Waals surface area (Å²) >= 11 is 1.31. The maximum Gasteiger partial charge on any atom is 0.223 e. The van der Waals surface area contributed by atoms with Crippen LogP contribution in [0.2, 0.25) is 0 Å². The molecule has 0 bridgehead atoms. The Labute approximate surface area is 150 Å². The molecule has 0 N–H and O–H groups in total. The number of benzene rings is 2. The van der Waals surface area contributed by atoms with Crippen molar-refractivity contribution in [1.29, 1.82) is 0 Å². The van der Waals surface area contributed by atoms with Crippen LogP contribution in [0.3, 0.4) is 0 Å². The number of amides is 1. The van der Waals surface area contributed by atoms with Gasteiger partial charge >= 0.3 is 0 Å². The maximum atomic E-state index is 12.3. The van der Waals surface area contributed by atoms with Crippen LogP contribution in [0, 0.1) is 5.92 Å².